The second-order valence-electron chi connectivity index (χ2n) is 15.2. The van der Waals surface area contributed by atoms with Crippen LogP contribution in [0.3, 0.4) is 0 Å². The summed E-state index contributed by atoms with van der Waals surface area (Å²) in [5.74, 6) is 0. The van der Waals surface area contributed by atoms with E-state index in [-0.39, 0.29) is 6.09 Å². The quantitative estimate of drug-likeness (QED) is 0.307. The van der Waals surface area contributed by atoms with Gasteiger partial charge in [0.15, 0.2) is 5.72 Å². The number of benzene rings is 2. The Bertz CT molecular complexity index is 1390. The molecule has 0 aliphatic carbocycles. The minimum absolute atomic E-state index is 0.354. The van der Waals surface area contributed by atoms with Crippen molar-refractivity contribution in [3.8, 4) is 0 Å². The Labute approximate surface area is 268 Å². The van der Waals surface area contributed by atoms with Crippen LogP contribution in [-0.2, 0) is 20.3 Å². The normalized spacial score (nSPS) is 24.7. The number of carbonyl (C=O) groups is 2. The lowest BCUT2D eigenvalue weighted by atomic mass is 9.68. The predicted octanol–water partition coefficient (Wildman–Crippen LogP) is 6.54. The maximum absolute atomic E-state index is 13.1. The van der Waals surface area contributed by atoms with Crippen LogP contribution < -0.4 is 15.5 Å². The number of ether oxygens (including phenoxy) is 2. The average Bonchev–Trinajstić information content (AvgIpc) is 3.32. The van der Waals surface area contributed by atoms with Crippen LogP contribution in [0.2, 0.25) is 0 Å². The van der Waals surface area contributed by atoms with Crippen LogP contribution in [0.1, 0.15) is 92.2 Å². The highest BCUT2D eigenvalue weighted by atomic mass is 16.6. The molecular formula is C36H52N4O5. The van der Waals surface area contributed by atoms with E-state index in [0.717, 1.165) is 18.7 Å². The van der Waals surface area contributed by atoms with Crippen molar-refractivity contribution in [2.45, 2.75) is 115 Å². The molecule has 2 aromatic rings. The average molecular weight is 621 g/mol. The van der Waals surface area contributed by atoms with Crippen LogP contribution in [0, 0.1) is 0 Å². The number of para-hydroxylation sites is 2. The van der Waals surface area contributed by atoms with Gasteiger partial charge in [0.05, 0.1) is 5.69 Å². The van der Waals surface area contributed by atoms with E-state index in [1.165, 1.54) is 23.4 Å². The van der Waals surface area contributed by atoms with E-state index in [2.05, 4.69) is 41.8 Å². The summed E-state index contributed by atoms with van der Waals surface area (Å²) >= 11 is 0. The van der Waals surface area contributed by atoms with E-state index in [9.17, 15) is 14.7 Å². The fraction of sp³-hybridized carbons (Fsp3) is 0.611. The number of hydrogen-bond acceptors (Lipinski definition) is 7. The van der Waals surface area contributed by atoms with Gasteiger partial charge in [-0.3, -0.25) is 0 Å². The van der Waals surface area contributed by atoms with Crippen molar-refractivity contribution >= 4 is 23.6 Å². The Morgan fingerprint density at radius 3 is 1.96 bits per heavy atom. The summed E-state index contributed by atoms with van der Waals surface area (Å²) in [7, 11) is 0. The minimum Gasteiger partial charge on any atom is -0.444 e. The Morgan fingerprint density at radius 2 is 1.36 bits per heavy atom. The van der Waals surface area contributed by atoms with Crippen molar-refractivity contribution in [1.29, 1.82) is 0 Å². The van der Waals surface area contributed by atoms with Gasteiger partial charge in [0.1, 0.15) is 11.2 Å². The lowest BCUT2D eigenvalue weighted by Gasteiger charge is -2.48. The monoisotopic (exact) mass is 620 g/mol. The van der Waals surface area contributed by atoms with Crippen molar-refractivity contribution in [1.82, 2.24) is 10.2 Å². The van der Waals surface area contributed by atoms with Gasteiger partial charge in [0.2, 0.25) is 0 Å². The van der Waals surface area contributed by atoms with Crippen molar-refractivity contribution in [3.05, 3.63) is 59.7 Å². The zero-order valence-corrected chi connectivity index (χ0v) is 28.3. The Balaban J connectivity index is 0.000000220. The van der Waals surface area contributed by atoms with Gasteiger partial charge >= 0.3 is 12.2 Å². The molecule has 2 aromatic carbocycles. The number of rotatable bonds is 0. The molecule has 2 unspecified atom stereocenters. The smallest absolute Gasteiger partial charge is 0.417 e. The number of nitrogens with one attached hydrogen (secondary N) is 2. The number of fused-ring (bicyclic) bond motifs is 4. The predicted molar refractivity (Wildman–Crippen MR) is 178 cm³/mol. The molecule has 0 saturated carbocycles. The van der Waals surface area contributed by atoms with Crippen LogP contribution in [0.25, 0.3) is 0 Å². The van der Waals surface area contributed by atoms with Crippen molar-refractivity contribution in [2.24, 2.45) is 0 Å². The molecule has 0 radical (unpaired) electrons. The van der Waals surface area contributed by atoms with Gasteiger partial charge in [-0.1, -0.05) is 36.4 Å². The third kappa shape index (κ3) is 6.13. The molecule has 4 aliphatic rings. The maximum Gasteiger partial charge on any atom is 0.417 e. The highest BCUT2D eigenvalue weighted by molar-refractivity contribution is 5.93. The van der Waals surface area contributed by atoms with Gasteiger partial charge in [-0.15, -0.1) is 0 Å². The van der Waals surface area contributed by atoms with Gasteiger partial charge < -0.3 is 30.1 Å². The molecule has 246 valence electrons. The lowest BCUT2D eigenvalue weighted by molar-refractivity contribution is -0.0508. The molecule has 3 N–H and O–H groups in total. The standard InChI is InChI=1S/C23H34N2O5.C13H18N2/c1-20(2,3)29-18(26)24-14-12-23(13-15-24)16-10-8-9-11-17(16)25(22(23,7)28)19(27)30-21(4,5)6;1-10-13(6-8-14-9-7-13)11-4-2-3-5-12(11)15-10/h8-11,28H,12-15H2,1-7H3;2-5,10,14-15H,6-9H2,1H3. The number of nitrogens with zero attached hydrogens (tertiary/aromatic N) is 2. The van der Waals surface area contributed by atoms with E-state index in [1.54, 1.807) is 38.2 Å². The minimum atomic E-state index is -1.49. The molecule has 4 heterocycles. The Morgan fingerprint density at radius 1 is 0.822 bits per heavy atom. The highest BCUT2D eigenvalue weighted by Gasteiger charge is 2.62. The molecule has 6 rings (SSSR count). The summed E-state index contributed by atoms with van der Waals surface area (Å²) in [6.45, 7) is 18.1. The first-order chi connectivity index (χ1) is 21.0. The summed E-state index contributed by atoms with van der Waals surface area (Å²) in [5, 5.41) is 18.8. The molecule has 2 fully saturated rings. The zero-order chi connectivity index (χ0) is 32.8. The Kier molecular flexibility index (Phi) is 8.68. The third-order valence-corrected chi connectivity index (χ3v) is 10.0. The van der Waals surface area contributed by atoms with Gasteiger partial charge in [-0.25, -0.2) is 14.5 Å². The fourth-order valence-corrected chi connectivity index (χ4v) is 7.72. The zero-order valence-electron chi connectivity index (χ0n) is 28.3. The molecule has 4 aliphatic heterocycles. The molecular weight excluding hydrogens is 568 g/mol. The van der Waals surface area contributed by atoms with E-state index >= 15 is 0 Å². The number of amides is 2. The molecule has 9 heteroatoms. The topological polar surface area (TPSA) is 103 Å². The molecule has 0 aromatic heterocycles. The summed E-state index contributed by atoms with van der Waals surface area (Å²) in [4.78, 5) is 28.6. The first kappa shape index (κ1) is 33.1. The lowest BCUT2D eigenvalue weighted by Crippen LogP contribution is -2.62. The van der Waals surface area contributed by atoms with Gasteiger partial charge in [0.25, 0.3) is 0 Å². The Hall–Kier alpha value is -3.30. The van der Waals surface area contributed by atoms with E-state index in [1.807, 2.05) is 45.0 Å². The number of likely N-dealkylation sites (tertiary alicyclic amines) is 1. The number of anilines is 2. The van der Waals surface area contributed by atoms with E-state index in [0.29, 0.717) is 43.1 Å². The first-order valence-electron chi connectivity index (χ1n) is 16.4. The summed E-state index contributed by atoms with van der Waals surface area (Å²) in [6.07, 6.45) is 2.61. The molecule has 0 bridgehead atoms. The molecule has 2 spiro atoms. The van der Waals surface area contributed by atoms with Gasteiger partial charge in [0, 0.05) is 35.6 Å². The largest absolute Gasteiger partial charge is 0.444 e. The summed E-state index contributed by atoms with van der Waals surface area (Å²) in [5.41, 5.74) is 1.42. The van der Waals surface area contributed by atoms with E-state index in [4.69, 9.17) is 9.47 Å². The number of aliphatic hydroxyl groups is 1. The van der Waals surface area contributed by atoms with Crippen LogP contribution in [0.5, 0.6) is 0 Å². The molecule has 45 heavy (non-hydrogen) atoms. The number of hydrogen-bond donors (Lipinski definition) is 3. The summed E-state index contributed by atoms with van der Waals surface area (Å²) in [6, 6.07) is 16.9. The molecule has 2 atom stereocenters. The molecule has 9 nitrogen and oxygen atoms in total. The number of piperidine rings is 2. The van der Waals surface area contributed by atoms with Crippen molar-refractivity contribution < 1.29 is 24.2 Å². The van der Waals surface area contributed by atoms with Crippen LogP contribution in [0.15, 0.2) is 48.5 Å². The van der Waals surface area contributed by atoms with Gasteiger partial charge in [-0.2, -0.15) is 0 Å². The molecule has 2 amide bonds. The van der Waals surface area contributed by atoms with Gasteiger partial charge in [-0.05, 0) is 117 Å². The molecule has 2 saturated heterocycles. The maximum atomic E-state index is 13.1. The third-order valence-electron chi connectivity index (χ3n) is 10.0. The second kappa shape index (κ2) is 11.8. The second-order valence-corrected chi connectivity index (χ2v) is 15.2. The van der Waals surface area contributed by atoms with Crippen LogP contribution in [-0.4, -0.2) is 71.3 Å². The van der Waals surface area contributed by atoms with Crippen LogP contribution in [0.4, 0.5) is 21.0 Å². The first-order valence-corrected chi connectivity index (χ1v) is 16.4. The fourth-order valence-electron chi connectivity index (χ4n) is 7.72. The number of carbonyl (C=O) groups excluding carboxylic acids is 2. The SMILES string of the molecule is CC(C)(C)OC(=O)N1CCC2(CC1)c1ccccc1N(C(=O)OC(C)(C)C)C2(C)O.CC1Nc2ccccc2C12CCNCC2. The van der Waals surface area contributed by atoms with E-state index < -0.39 is 28.4 Å². The van der Waals surface area contributed by atoms with Crippen molar-refractivity contribution in [2.75, 3.05) is 36.4 Å². The summed E-state index contributed by atoms with van der Waals surface area (Å²) < 4.78 is 11.1. The highest BCUT2D eigenvalue weighted by Crippen LogP contribution is 2.56. The van der Waals surface area contributed by atoms with Crippen LogP contribution >= 0.6 is 0 Å². The van der Waals surface area contributed by atoms with Crippen molar-refractivity contribution in [3.63, 3.8) is 0 Å².